The van der Waals surface area contributed by atoms with Crippen molar-refractivity contribution in [1.29, 1.82) is 0 Å². The second-order valence-electron chi connectivity index (χ2n) is 8.16. The van der Waals surface area contributed by atoms with Crippen LogP contribution >= 0.6 is 0 Å². The number of carbonyl (C=O) groups excluding carboxylic acids is 1. The molecule has 0 spiro atoms. The molecule has 2 aliphatic rings. The van der Waals surface area contributed by atoms with E-state index in [1.165, 1.54) is 12.1 Å². The molecule has 0 aliphatic carbocycles. The van der Waals surface area contributed by atoms with Gasteiger partial charge in [-0.25, -0.2) is 9.18 Å². The highest BCUT2D eigenvalue weighted by atomic mass is 19.1. The molecule has 3 heterocycles. The van der Waals surface area contributed by atoms with Crippen molar-refractivity contribution < 1.29 is 9.18 Å². The smallest absolute Gasteiger partial charge is 0.349 e. The number of nitrogens with one attached hydrogen (secondary N) is 1. The first-order valence-electron chi connectivity index (χ1n) is 10.4. The molecule has 2 aromatic carbocycles. The average molecular weight is 406 g/mol. The highest BCUT2D eigenvalue weighted by Crippen LogP contribution is 2.27. The van der Waals surface area contributed by atoms with E-state index < -0.39 is 0 Å². The fourth-order valence-corrected chi connectivity index (χ4v) is 4.60. The number of aromatic nitrogens is 2. The van der Waals surface area contributed by atoms with Crippen LogP contribution in [0.5, 0.6) is 0 Å². The Morgan fingerprint density at radius 1 is 1.10 bits per heavy atom. The molecule has 3 aromatic rings. The summed E-state index contributed by atoms with van der Waals surface area (Å²) in [6.07, 6.45) is 1.58. The topological polar surface area (TPSA) is 67.2 Å². The maximum absolute atomic E-state index is 13.1. The van der Waals surface area contributed by atoms with Crippen LogP contribution in [0.1, 0.15) is 23.2 Å². The number of hydrogen-bond donors (Lipinski definition) is 1. The third-order valence-electron chi connectivity index (χ3n) is 6.19. The fourth-order valence-electron chi connectivity index (χ4n) is 4.60. The summed E-state index contributed by atoms with van der Waals surface area (Å²) in [5.41, 5.74) is 1.07. The zero-order chi connectivity index (χ0) is 20.7. The maximum atomic E-state index is 13.1. The van der Waals surface area contributed by atoms with Crippen molar-refractivity contribution in [3.63, 3.8) is 0 Å². The summed E-state index contributed by atoms with van der Waals surface area (Å²) in [6, 6.07) is 13.6. The molecule has 1 atom stereocenters. The van der Waals surface area contributed by atoms with Gasteiger partial charge in [0.15, 0.2) is 5.78 Å². The van der Waals surface area contributed by atoms with Crippen LogP contribution in [0.2, 0.25) is 0 Å². The third-order valence-corrected chi connectivity index (χ3v) is 6.19. The molecular weight excluding hydrogens is 383 g/mol. The number of likely N-dealkylation sites (tertiary alicyclic amines) is 1. The highest BCUT2D eigenvalue weighted by Gasteiger charge is 2.30. The number of fused-ring (bicyclic) bond motifs is 3. The molecule has 5 rings (SSSR count). The molecule has 0 radical (unpaired) electrons. The van der Waals surface area contributed by atoms with Gasteiger partial charge in [-0.3, -0.25) is 9.36 Å². The molecule has 0 amide bonds. The maximum Gasteiger partial charge on any atom is 0.349 e. The van der Waals surface area contributed by atoms with Gasteiger partial charge >= 0.3 is 5.69 Å². The predicted octanol–water partition coefficient (Wildman–Crippen LogP) is 2.92. The van der Waals surface area contributed by atoms with Crippen LogP contribution in [-0.4, -0.2) is 45.9 Å². The Hall–Kier alpha value is -3.06. The quantitative estimate of drug-likeness (QED) is 0.675. The number of hydrogen-bond acceptors (Lipinski definition) is 5. The van der Waals surface area contributed by atoms with Crippen molar-refractivity contribution >= 4 is 22.5 Å². The fraction of sp³-hybridized carbons (Fsp3) is 0.348. The summed E-state index contributed by atoms with van der Waals surface area (Å²) in [7, 11) is 0. The van der Waals surface area contributed by atoms with Gasteiger partial charge in [0, 0.05) is 23.4 Å². The Morgan fingerprint density at radius 3 is 2.60 bits per heavy atom. The number of para-hydroxylation sites is 1. The van der Waals surface area contributed by atoms with Gasteiger partial charge < -0.3 is 10.2 Å². The van der Waals surface area contributed by atoms with Crippen LogP contribution in [0, 0.1) is 11.7 Å². The Balaban J connectivity index is 1.21. The second kappa shape index (κ2) is 7.65. The largest absolute Gasteiger partial charge is 0.365 e. The van der Waals surface area contributed by atoms with Gasteiger partial charge in [-0.2, -0.15) is 4.98 Å². The van der Waals surface area contributed by atoms with E-state index in [1.54, 1.807) is 16.7 Å². The van der Waals surface area contributed by atoms with Gasteiger partial charge in [0.1, 0.15) is 11.6 Å². The predicted molar refractivity (Wildman–Crippen MR) is 113 cm³/mol. The van der Waals surface area contributed by atoms with E-state index in [-0.39, 0.29) is 29.2 Å². The third kappa shape index (κ3) is 3.50. The number of anilines is 1. The van der Waals surface area contributed by atoms with Crippen LogP contribution in [0.15, 0.2) is 53.3 Å². The first-order valence-corrected chi connectivity index (χ1v) is 10.4. The number of halogens is 1. The molecule has 0 saturated carbocycles. The second-order valence-corrected chi connectivity index (χ2v) is 8.16. The summed E-state index contributed by atoms with van der Waals surface area (Å²) in [5, 5.41) is 4.47. The first-order chi connectivity index (χ1) is 14.6. The minimum Gasteiger partial charge on any atom is -0.365 e. The first kappa shape index (κ1) is 18.9. The molecule has 1 saturated heterocycles. The lowest BCUT2D eigenvalue weighted by Crippen LogP contribution is -2.42. The molecule has 2 aliphatic heterocycles. The molecule has 6 nitrogen and oxygen atoms in total. The number of benzene rings is 2. The average Bonchev–Trinajstić information content (AvgIpc) is 3.19. The number of carbonyl (C=O) groups is 1. The Bertz CT molecular complexity index is 1150. The number of nitrogens with zero attached hydrogens (tertiary/aromatic N) is 3. The highest BCUT2D eigenvalue weighted by molar-refractivity contribution is 5.97. The van der Waals surface area contributed by atoms with Crippen molar-refractivity contribution in [1.82, 2.24) is 14.5 Å². The number of ketones is 1. The van der Waals surface area contributed by atoms with E-state index in [9.17, 15) is 14.0 Å². The van der Waals surface area contributed by atoms with Crippen LogP contribution in [0.3, 0.4) is 0 Å². The van der Waals surface area contributed by atoms with Crippen LogP contribution in [0.25, 0.3) is 10.9 Å². The summed E-state index contributed by atoms with van der Waals surface area (Å²) >= 11 is 0. The van der Waals surface area contributed by atoms with Gasteiger partial charge in [-0.05, 0) is 62.3 Å². The zero-order valence-electron chi connectivity index (χ0n) is 16.6. The molecule has 30 heavy (non-hydrogen) atoms. The van der Waals surface area contributed by atoms with Gasteiger partial charge in [-0.15, -0.1) is 0 Å². The SMILES string of the molecule is O=C(c1ccc(F)cc1)C1CCN(CC2Cn3c(c4ccccc4nc3=O)N2)CC1. The van der Waals surface area contributed by atoms with E-state index in [0.29, 0.717) is 17.6 Å². The normalized spacial score (nSPS) is 19.6. The van der Waals surface area contributed by atoms with Crippen LogP contribution in [-0.2, 0) is 6.54 Å². The van der Waals surface area contributed by atoms with Gasteiger partial charge in [-0.1, -0.05) is 12.1 Å². The summed E-state index contributed by atoms with van der Waals surface area (Å²) in [4.78, 5) is 31.6. The molecular formula is C23H23FN4O2. The van der Waals surface area contributed by atoms with Gasteiger partial charge in [0.25, 0.3) is 0 Å². The van der Waals surface area contributed by atoms with Crippen LogP contribution in [0.4, 0.5) is 10.2 Å². The Kier molecular flexibility index (Phi) is 4.83. The van der Waals surface area contributed by atoms with Crippen molar-refractivity contribution in [2.75, 3.05) is 25.0 Å². The lowest BCUT2D eigenvalue weighted by atomic mass is 9.89. The lowest BCUT2D eigenvalue weighted by molar-refractivity contribution is 0.0837. The minimum atomic E-state index is -0.325. The van der Waals surface area contributed by atoms with E-state index in [1.807, 2.05) is 24.3 Å². The van der Waals surface area contributed by atoms with Crippen molar-refractivity contribution in [2.45, 2.75) is 25.4 Å². The molecule has 1 fully saturated rings. The van der Waals surface area contributed by atoms with Gasteiger partial charge in [0.05, 0.1) is 18.1 Å². The minimum absolute atomic E-state index is 0.0174. The lowest BCUT2D eigenvalue weighted by Gasteiger charge is -2.32. The van der Waals surface area contributed by atoms with Crippen molar-refractivity contribution in [2.24, 2.45) is 5.92 Å². The number of Topliss-reactive ketones (excluding diaryl/α,β-unsaturated/α-hetero) is 1. The van der Waals surface area contributed by atoms with Crippen molar-refractivity contribution in [3.05, 3.63) is 70.4 Å². The zero-order valence-corrected chi connectivity index (χ0v) is 16.6. The summed E-state index contributed by atoms with van der Waals surface area (Å²) in [5.74, 6) is 0.604. The number of piperidine rings is 1. The monoisotopic (exact) mass is 406 g/mol. The summed E-state index contributed by atoms with van der Waals surface area (Å²) in [6.45, 7) is 3.08. The van der Waals surface area contributed by atoms with E-state index in [0.717, 1.165) is 43.7 Å². The molecule has 7 heteroatoms. The molecule has 154 valence electrons. The van der Waals surface area contributed by atoms with E-state index >= 15 is 0 Å². The number of rotatable bonds is 4. The van der Waals surface area contributed by atoms with E-state index in [4.69, 9.17) is 0 Å². The summed E-state index contributed by atoms with van der Waals surface area (Å²) < 4.78 is 14.8. The Labute approximate surface area is 173 Å². The van der Waals surface area contributed by atoms with Crippen LogP contribution < -0.4 is 11.0 Å². The Morgan fingerprint density at radius 2 is 1.83 bits per heavy atom. The molecule has 0 bridgehead atoms. The molecule has 1 N–H and O–H groups in total. The molecule has 1 aromatic heterocycles. The van der Waals surface area contributed by atoms with Gasteiger partial charge in [0.2, 0.25) is 0 Å². The molecule has 1 unspecified atom stereocenters. The van der Waals surface area contributed by atoms with E-state index in [2.05, 4.69) is 15.2 Å². The standard InChI is InChI=1S/C23H23FN4O2/c24-17-7-5-15(6-8-17)21(29)16-9-11-27(12-10-16)13-18-14-28-22(25-18)19-3-1-2-4-20(19)26-23(28)30/h1-8,16,18,25H,9-14H2. The van der Waals surface area contributed by atoms with Crippen molar-refractivity contribution in [3.8, 4) is 0 Å².